The van der Waals surface area contributed by atoms with Crippen LogP contribution in [0, 0.1) is 11.6 Å². The van der Waals surface area contributed by atoms with Crippen LogP contribution < -0.4 is 4.72 Å². The maximum Gasteiger partial charge on any atom is 0.301 e. The van der Waals surface area contributed by atoms with Gasteiger partial charge in [-0.15, -0.1) is 0 Å². The molecule has 2 aromatic heterocycles. The second kappa shape index (κ2) is 7.05. The van der Waals surface area contributed by atoms with E-state index in [0.717, 1.165) is 10.4 Å². The number of anilines is 1. The average molecular weight is 394 g/mol. The summed E-state index contributed by atoms with van der Waals surface area (Å²) < 4.78 is 55.9. The van der Waals surface area contributed by atoms with Gasteiger partial charge in [-0.05, 0) is 18.2 Å². The van der Waals surface area contributed by atoms with Crippen molar-refractivity contribution in [3.05, 3.63) is 59.4 Å². The van der Waals surface area contributed by atoms with Crippen molar-refractivity contribution < 1.29 is 22.0 Å². The molecular formula is C17H16F2N4O3S. The van der Waals surface area contributed by atoms with Crippen molar-refractivity contribution in [3.8, 4) is 0 Å². The molecule has 2 heterocycles. The smallest absolute Gasteiger partial charge is 0.301 e. The molecule has 142 valence electrons. The van der Waals surface area contributed by atoms with E-state index in [1.807, 2.05) is 4.72 Å². The highest BCUT2D eigenvalue weighted by atomic mass is 32.2. The predicted molar refractivity (Wildman–Crippen MR) is 96.7 cm³/mol. The standard InChI is InChI=1S/C17H16F2N4O3S/c1-3-23(2)27(25,26)22-14-8-10(18)7-12(15(14)19)16(24)13-9-21-17-11(13)5-4-6-20-17/h4-9,22H,3H2,1-2H3,(H,20,21). The fraction of sp³-hybridized carbons (Fsp3) is 0.176. The number of hydrogen-bond acceptors (Lipinski definition) is 4. The molecule has 0 spiro atoms. The first kappa shape index (κ1) is 18.9. The summed E-state index contributed by atoms with van der Waals surface area (Å²) in [5.74, 6) is -2.90. The molecule has 0 radical (unpaired) electrons. The summed E-state index contributed by atoms with van der Waals surface area (Å²) in [5.41, 5.74) is -0.710. The van der Waals surface area contributed by atoms with E-state index in [0.29, 0.717) is 17.1 Å². The molecule has 3 aromatic rings. The van der Waals surface area contributed by atoms with Gasteiger partial charge >= 0.3 is 10.2 Å². The average Bonchev–Trinajstić information content (AvgIpc) is 3.07. The molecule has 27 heavy (non-hydrogen) atoms. The Labute approximate surface area is 154 Å². The molecule has 1 aromatic carbocycles. The highest BCUT2D eigenvalue weighted by molar-refractivity contribution is 7.90. The van der Waals surface area contributed by atoms with Crippen LogP contribution in [0.2, 0.25) is 0 Å². The van der Waals surface area contributed by atoms with Crippen LogP contribution in [0.25, 0.3) is 11.0 Å². The molecular weight excluding hydrogens is 378 g/mol. The Hall–Kier alpha value is -2.85. The van der Waals surface area contributed by atoms with Crippen LogP contribution >= 0.6 is 0 Å². The van der Waals surface area contributed by atoms with Crippen molar-refractivity contribution in [2.45, 2.75) is 6.92 Å². The monoisotopic (exact) mass is 394 g/mol. The molecule has 0 bridgehead atoms. The Kier molecular flexibility index (Phi) is 4.94. The number of hydrogen-bond donors (Lipinski definition) is 2. The fourth-order valence-electron chi connectivity index (χ4n) is 2.50. The number of aromatic nitrogens is 2. The third kappa shape index (κ3) is 3.53. The van der Waals surface area contributed by atoms with Gasteiger partial charge in [0.05, 0.1) is 11.3 Å². The molecule has 10 heteroatoms. The van der Waals surface area contributed by atoms with Crippen molar-refractivity contribution >= 4 is 32.7 Å². The number of nitrogens with zero attached hydrogens (tertiary/aromatic N) is 2. The first-order valence-corrected chi connectivity index (χ1v) is 9.38. The molecule has 0 saturated heterocycles. The number of aromatic amines is 1. The number of fused-ring (bicyclic) bond motifs is 1. The number of carbonyl (C=O) groups is 1. The van der Waals surface area contributed by atoms with Crippen LogP contribution in [0.1, 0.15) is 22.8 Å². The molecule has 2 N–H and O–H groups in total. The first-order valence-electron chi connectivity index (χ1n) is 7.94. The van der Waals surface area contributed by atoms with Gasteiger partial charge in [-0.25, -0.2) is 13.8 Å². The van der Waals surface area contributed by atoms with Crippen molar-refractivity contribution in [2.75, 3.05) is 18.3 Å². The lowest BCUT2D eigenvalue weighted by Crippen LogP contribution is -2.32. The fourth-order valence-corrected chi connectivity index (χ4v) is 3.43. The number of nitrogens with one attached hydrogen (secondary N) is 2. The van der Waals surface area contributed by atoms with Crippen molar-refractivity contribution in [1.29, 1.82) is 0 Å². The van der Waals surface area contributed by atoms with Gasteiger partial charge in [0.1, 0.15) is 11.5 Å². The van der Waals surface area contributed by atoms with Gasteiger partial charge in [0.2, 0.25) is 0 Å². The van der Waals surface area contributed by atoms with Gasteiger partial charge in [-0.2, -0.15) is 12.7 Å². The van der Waals surface area contributed by atoms with Crippen molar-refractivity contribution in [2.24, 2.45) is 0 Å². The van der Waals surface area contributed by atoms with E-state index in [2.05, 4.69) is 9.97 Å². The number of pyridine rings is 1. The molecule has 0 saturated carbocycles. The minimum absolute atomic E-state index is 0.0992. The summed E-state index contributed by atoms with van der Waals surface area (Å²) in [6.45, 7) is 1.71. The molecule has 0 amide bonds. The zero-order chi connectivity index (χ0) is 19.8. The normalized spacial score (nSPS) is 11.9. The summed E-state index contributed by atoms with van der Waals surface area (Å²) in [6, 6.07) is 4.64. The second-order valence-corrected chi connectivity index (χ2v) is 7.54. The maximum atomic E-state index is 14.8. The lowest BCUT2D eigenvalue weighted by atomic mass is 10.0. The topological polar surface area (TPSA) is 95.2 Å². The van der Waals surface area contributed by atoms with Crippen LogP contribution in [0.15, 0.2) is 36.7 Å². The third-order valence-corrected chi connectivity index (χ3v) is 5.63. The molecule has 0 fully saturated rings. The van der Waals surface area contributed by atoms with Gasteiger partial charge < -0.3 is 4.98 Å². The van der Waals surface area contributed by atoms with Crippen LogP contribution in [0.3, 0.4) is 0 Å². The van der Waals surface area contributed by atoms with E-state index in [1.54, 1.807) is 19.1 Å². The summed E-state index contributed by atoms with van der Waals surface area (Å²) in [6.07, 6.45) is 2.87. The minimum Gasteiger partial charge on any atom is -0.345 e. The summed E-state index contributed by atoms with van der Waals surface area (Å²) in [7, 11) is -2.80. The summed E-state index contributed by atoms with van der Waals surface area (Å²) in [5, 5.41) is 0.444. The van der Waals surface area contributed by atoms with Crippen LogP contribution in [-0.4, -0.2) is 42.1 Å². The van der Waals surface area contributed by atoms with Gasteiger partial charge in [0.15, 0.2) is 11.6 Å². The number of halogens is 2. The van der Waals surface area contributed by atoms with E-state index >= 15 is 0 Å². The van der Waals surface area contributed by atoms with Gasteiger partial charge in [0.25, 0.3) is 0 Å². The second-order valence-electron chi connectivity index (χ2n) is 5.77. The first-order chi connectivity index (χ1) is 12.7. The Morgan fingerprint density at radius 2 is 2.04 bits per heavy atom. The summed E-state index contributed by atoms with van der Waals surface area (Å²) in [4.78, 5) is 19.6. The maximum absolute atomic E-state index is 14.8. The molecule has 0 aliphatic heterocycles. The number of benzene rings is 1. The van der Waals surface area contributed by atoms with Crippen LogP contribution in [0.4, 0.5) is 14.5 Å². The summed E-state index contributed by atoms with van der Waals surface area (Å²) >= 11 is 0. The lowest BCUT2D eigenvalue weighted by molar-refractivity contribution is 0.103. The Morgan fingerprint density at radius 3 is 2.74 bits per heavy atom. The zero-order valence-corrected chi connectivity index (χ0v) is 15.3. The predicted octanol–water partition coefficient (Wildman–Crippen LogP) is 2.68. The number of carbonyl (C=O) groups excluding carboxylic acids is 1. The molecule has 0 atom stereocenters. The van der Waals surface area contributed by atoms with E-state index in [9.17, 15) is 22.0 Å². The number of rotatable bonds is 6. The van der Waals surface area contributed by atoms with Crippen molar-refractivity contribution in [3.63, 3.8) is 0 Å². The largest absolute Gasteiger partial charge is 0.345 e. The number of H-pyrrole nitrogens is 1. The molecule has 7 nitrogen and oxygen atoms in total. The quantitative estimate of drug-likeness (QED) is 0.629. The molecule has 3 rings (SSSR count). The van der Waals surface area contributed by atoms with E-state index < -0.39 is 38.9 Å². The Morgan fingerprint density at radius 1 is 1.30 bits per heavy atom. The highest BCUT2D eigenvalue weighted by Gasteiger charge is 2.24. The van der Waals surface area contributed by atoms with E-state index in [1.165, 1.54) is 19.4 Å². The van der Waals surface area contributed by atoms with E-state index in [4.69, 9.17) is 0 Å². The van der Waals surface area contributed by atoms with E-state index in [-0.39, 0.29) is 12.1 Å². The Balaban J connectivity index is 2.07. The highest BCUT2D eigenvalue weighted by Crippen LogP contribution is 2.26. The Bertz CT molecular complexity index is 1130. The molecule has 0 aliphatic rings. The van der Waals surface area contributed by atoms with Gasteiger partial charge in [-0.3, -0.25) is 9.52 Å². The SMILES string of the molecule is CCN(C)S(=O)(=O)Nc1cc(F)cc(C(=O)c2c[nH]c3ncccc23)c1F. The zero-order valence-electron chi connectivity index (χ0n) is 14.5. The van der Waals surface area contributed by atoms with Gasteiger partial charge in [0, 0.05) is 43.0 Å². The third-order valence-electron chi connectivity index (χ3n) is 4.07. The number of ketones is 1. The van der Waals surface area contributed by atoms with Crippen LogP contribution in [-0.2, 0) is 10.2 Å². The van der Waals surface area contributed by atoms with Crippen LogP contribution in [0.5, 0.6) is 0 Å². The molecule has 0 aliphatic carbocycles. The lowest BCUT2D eigenvalue weighted by Gasteiger charge is -2.17. The van der Waals surface area contributed by atoms with Gasteiger partial charge in [-0.1, -0.05) is 6.92 Å². The molecule has 0 unspecified atom stereocenters. The minimum atomic E-state index is -4.08. The van der Waals surface area contributed by atoms with Crippen molar-refractivity contribution in [1.82, 2.24) is 14.3 Å².